The van der Waals surface area contributed by atoms with Gasteiger partial charge in [-0.05, 0) is 77.2 Å². The van der Waals surface area contributed by atoms with Gasteiger partial charge >= 0.3 is 0 Å². The second kappa shape index (κ2) is 10.8. The Labute approximate surface area is 208 Å². The highest BCUT2D eigenvalue weighted by molar-refractivity contribution is 14.1. The lowest BCUT2D eigenvalue weighted by molar-refractivity contribution is -0.122. The third kappa shape index (κ3) is 5.77. The van der Waals surface area contributed by atoms with Gasteiger partial charge in [0, 0.05) is 22.2 Å². The van der Waals surface area contributed by atoms with Gasteiger partial charge in [0.25, 0.3) is 11.1 Å². The minimum absolute atomic E-state index is 0.184. The van der Waals surface area contributed by atoms with Gasteiger partial charge in [-0.15, -0.1) is 6.58 Å². The number of carbonyl (C=O) groups excluding carboxylic acids is 2. The first-order valence-electron chi connectivity index (χ1n) is 9.23. The van der Waals surface area contributed by atoms with Crippen LogP contribution in [-0.2, 0) is 11.4 Å². The summed E-state index contributed by atoms with van der Waals surface area (Å²) in [6.07, 6.45) is 3.20. The zero-order valence-electron chi connectivity index (χ0n) is 16.5. The topological polar surface area (TPSA) is 55.8 Å². The van der Waals surface area contributed by atoms with E-state index in [-0.39, 0.29) is 24.3 Å². The molecule has 5 nitrogen and oxygen atoms in total. The number of halogens is 3. The molecule has 9 heteroatoms. The number of nitrogens with zero attached hydrogens (tertiary/aromatic N) is 1. The molecule has 0 radical (unpaired) electrons. The summed E-state index contributed by atoms with van der Waals surface area (Å²) >= 11 is 15.2. The van der Waals surface area contributed by atoms with E-state index < -0.39 is 0 Å². The minimum Gasteiger partial charge on any atom is -0.490 e. The molecule has 2 aromatic carbocycles. The molecule has 1 aliphatic rings. The monoisotopic (exact) mass is 589 g/mol. The fraction of sp³-hybridized carbons (Fsp3) is 0.182. The molecule has 2 aromatic rings. The molecule has 0 spiro atoms. The second-order valence-corrected chi connectivity index (χ2v) is 9.37. The molecule has 1 heterocycles. The van der Waals surface area contributed by atoms with Crippen molar-refractivity contribution in [2.45, 2.75) is 13.5 Å². The molecular weight excluding hydrogens is 572 g/mol. The number of ether oxygens (including phenoxy) is 2. The van der Waals surface area contributed by atoms with Crippen LogP contribution in [0.2, 0.25) is 10.0 Å². The number of amides is 2. The van der Waals surface area contributed by atoms with Gasteiger partial charge in [-0.1, -0.05) is 35.3 Å². The Hall–Kier alpha value is -1.68. The van der Waals surface area contributed by atoms with Crippen LogP contribution in [0.15, 0.2) is 47.9 Å². The number of imide groups is 1. The normalized spacial score (nSPS) is 15.0. The average Bonchev–Trinajstić information content (AvgIpc) is 2.96. The van der Waals surface area contributed by atoms with Crippen LogP contribution in [0.1, 0.15) is 18.1 Å². The van der Waals surface area contributed by atoms with E-state index in [4.69, 9.17) is 32.7 Å². The molecule has 0 saturated carbocycles. The molecular formula is C22H18Cl2INO4S. The highest BCUT2D eigenvalue weighted by Crippen LogP contribution is 2.38. The van der Waals surface area contributed by atoms with Crippen molar-refractivity contribution in [3.05, 3.63) is 72.6 Å². The van der Waals surface area contributed by atoms with Gasteiger partial charge in [0.2, 0.25) is 0 Å². The fourth-order valence-electron chi connectivity index (χ4n) is 2.80. The van der Waals surface area contributed by atoms with Gasteiger partial charge in [-0.2, -0.15) is 0 Å². The van der Waals surface area contributed by atoms with Crippen LogP contribution in [0, 0.1) is 3.57 Å². The molecule has 0 atom stereocenters. The summed E-state index contributed by atoms with van der Waals surface area (Å²) < 4.78 is 12.6. The van der Waals surface area contributed by atoms with Crippen molar-refractivity contribution < 1.29 is 19.1 Å². The number of hydrogen-bond acceptors (Lipinski definition) is 5. The molecule has 2 amide bonds. The van der Waals surface area contributed by atoms with Gasteiger partial charge in [-0.3, -0.25) is 14.5 Å². The fourth-order valence-corrected chi connectivity index (χ4v) is 4.89. The first-order valence-corrected chi connectivity index (χ1v) is 11.9. The van der Waals surface area contributed by atoms with Gasteiger partial charge in [0.1, 0.15) is 6.61 Å². The summed E-state index contributed by atoms with van der Waals surface area (Å²) in [4.78, 5) is 26.0. The molecule has 0 N–H and O–H groups in total. The van der Waals surface area contributed by atoms with Crippen LogP contribution in [-0.4, -0.2) is 29.2 Å². The van der Waals surface area contributed by atoms with Gasteiger partial charge < -0.3 is 9.47 Å². The van der Waals surface area contributed by atoms with Gasteiger partial charge in [0.15, 0.2) is 11.5 Å². The van der Waals surface area contributed by atoms with Crippen molar-refractivity contribution in [1.82, 2.24) is 4.90 Å². The van der Waals surface area contributed by atoms with Crippen LogP contribution in [0.4, 0.5) is 4.79 Å². The van der Waals surface area contributed by atoms with Crippen LogP contribution in [0.5, 0.6) is 11.5 Å². The Kier molecular flexibility index (Phi) is 8.32. The first-order chi connectivity index (χ1) is 14.8. The molecule has 1 aliphatic heterocycles. The van der Waals surface area contributed by atoms with E-state index in [2.05, 4.69) is 29.2 Å². The van der Waals surface area contributed by atoms with E-state index in [9.17, 15) is 9.59 Å². The minimum atomic E-state index is -0.333. The van der Waals surface area contributed by atoms with E-state index >= 15 is 0 Å². The van der Waals surface area contributed by atoms with E-state index in [0.717, 1.165) is 31.4 Å². The molecule has 1 saturated heterocycles. The van der Waals surface area contributed by atoms with Crippen molar-refractivity contribution in [1.29, 1.82) is 0 Å². The molecule has 1 fully saturated rings. The van der Waals surface area contributed by atoms with Crippen LogP contribution < -0.4 is 9.47 Å². The summed E-state index contributed by atoms with van der Waals surface area (Å²) in [5.74, 6) is 0.780. The third-order valence-electron chi connectivity index (χ3n) is 4.20. The number of rotatable bonds is 8. The van der Waals surface area contributed by atoms with Gasteiger partial charge in [0.05, 0.1) is 15.1 Å². The number of carbonyl (C=O) groups is 2. The zero-order chi connectivity index (χ0) is 22.5. The average molecular weight is 590 g/mol. The number of hydrogen-bond donors (Lipinski definition) is 0. The maximum atomic E-state index is 12.5. The second-order valence-electron chi connectivity index (χ2n) is 6.37. The first kappa shape index (κ1) is 24.0. The lowest BCUT2D eigenvalue weighted by Crippen LogP contribution is -2.27. The number of thioether (sulfide) groups is 1. The van der Waals surface area contributed by atoms with Crippen molar-refractivity contribution in [3.63, 3.8) is 0 Å². The highest BCUT2D eigenvalue weighted by Gasteiger charge is 2.34. The van der Waals surface area contributed by atoms with Crippen LogP contribution in [0.25, 0.3) is 6.08 Å². The maximum absolute atomic E-state index is 12.5. The lowest BCUT2D eigenvalue weighted by atomic mass is 10.1. The van der Waals surface area contributed by atoms with E-state index in [0.29, 0.717) is 33.1 Å². The SMILES string of the molecule is C=CCN1C(=O)S/C(=C/c2cc(I)c(OCc3ccc(Cl)cc3Cl)c(OCC)c2)C1=O. The summed E-state index contributed by atoms with van der Waals surface area (Å²) in [5, 5.41) is 0.767. The maximum Gasteiger partial charge on any atom is 0.293 e. The Morgan fingerprint density at radius 3 is 2.65 bits per heavy atom. The standard InChI is InChI=1S/C22H18Cl2INO4S/c1-3-7-26-21(27)19(31-22(26)28)10-13-8-17(25)20(18(9-13)29-4-2)30-12-14-5-6-15(23)11-16(14)24/h3,5-6,8-11H,1,4,7,12H2,2H3/b19-10+. The largest absolute Gasteiger partial charge is 0.490 e. The molecule has 0 aliphatic carbocycles. The molecule has 0 bridgehead atoms. The predicted octanol–water partition coefficient (Wildman–Crippen LogP) is 6.80. The molecule has 31 heavy (non-hydrogen) atoms. The lowest BCUT2D eigenvalue weighted by Gasteiger charge is -2.15. The quantitative estimate of drug-likeness (QED) is 0.193. The smallest absolute Gasteiger partial charge is 0.293 e. The molecule has 162 valence electrons. The van der Waals surface area contributed by atoms with E-state index in [1.165, 1.54) is 6.08 Å². The highest BCUT2D eigenvalue weighted by atomic mass is 127. The van der Waals surface area contributed by atoms with E-state index in [1.807, 2.05) is 19.1 Å². The summed E-state index contributed by atoms with van der Waals surface area (Å²) in [6, 6.07) is 8.88. The Bertz CT molecular complexity index is 1070. The Morgan fingerprint density at radius 2 is 1.97 bits per heavy atom. The van der Waals surface area contributed by atoms with Crippen LogP contribution in [0.3, 0.4) is 0 Å². The molecule has 0 unspecified atom stereocenters. The van der Waals surface area contributed by atoms with Crippen LogP contribution >= 0.6 is 57.6 Å². The Morgan fingerprint density at radius 1 is 1.19 bits per heavy atom. The van der Waals surface area contributed by atoms with Crippen molar-refractivity contribution >= 4 is 74.8 Å². The predicted molar refractivity (Wildman–Crippen MR) is 134 cm³/mol. The molecule has 3 rings (SSSR count). The van der Waals surface area contributed by atoms with Gasteiger partial charge in [-0.25, -0.2) is 0 Å². The van der Waals surface area contributed by atoms with Crippen molar-refractivity contribution in [3.8, 4) is 11.5 Å². The summed E-state index contributed by atoms with van der Waals surface area (Å²) in [6.45, 7) is 6.32. The van der Waals surface area contributed by atoms with Crippen molar-refractivity contribution in [2.75, 3.05) is 13.2 Å². The zero-order valence-corrected chi connectivity index (χ0v) is 21.0. The number of benzene rings is 2. The summed E-state index contributed by atoms with van der Waals surface area (Å²) in [7, 11) is 0. The van der Waals surface area contributed by atoms with Crippen molar-refractivity contribution in [2.24, 2.45) is 0 Å². The summed E-state index contributed by atoms with van der Waals surface area (Å²) in [5.41, 5.74) is 1.53. The third-order valence-corrected chi connectivity index (χ3v) is 6.50. The molecule has 0 aromatic heterocycles. The van der Waals surface area contributed by atoms with E-state index in [1.54, 1.807) is 24.3 Å². The Balaban J connectivity index is 1.87.